The van der Waals surface area contributed by atoms with E-state index in [4.69, 9.17) is 15.2 Å². The van der Waals surface area contributed by atoms with Crippen molar-refractivity contribution in [2.75, 3.05) is 26.4 Å². The quantitative estimate of drug-likeness (QED) is 0.839. The van der Waals surface area contributed by atoms with Crippen LogP contribution in [-0.4, -0.2) is 43.4 Å². The van der Waals surface area contributed by atoms with Crippen LogP contribution >= 0.6 is 0 Å². The van der Waals surface area contributed by atoms with Crippen molar-refractivity contribution in [2.24, 2.45) is 5.73 Å². The Kier molecular flexibility index (Phi) is 6.17. The highest BCUT2D eigenvalue weighted by Gasteiger charge is 2.16. The molecule has 1 aliphatic rings. The summed E-state index contributed by atoms with van der Waals surface area (Å²) in [7, 11) is 0. The minimum Gasteiger partial charge on any atom is -0.490 e. The van der Waals surface area contributed by atoms with Crippen LogP contribution in [0.15, 0.2) is 18.5 Å². The fraction of sp³-hybridized carbons (Fsp3) is 0.706. The van der Waals surface area contributed by atoms with Gasteiger partial charge in [0.2, 0.25) is 0 Å². The first kappa shape index (κ1) is 17.2. The normalized spacial score (nSPS) is 18.2. The predicted molar refractivity (Wildman–Crippen MR) is 88.3 cm³/mol. The van der Waals surface area contributed by atoms with Gasteiger partial charge in [0.1, 0.15) is 12.4 Å². The fourth-order valence-electron chi connectivity index (χ4n) is 2.39. The second-order valence-corrected chi connectivity index (χ2v) is 7.03. The highest BCUT2D eigenvalue weighted by Crippen LogP contribution is 2.24. The van der Waals surface area contributed by atoms with Crippen molar-refractivity contribution >= 4 is 0 Å². The van der Waals surface area contributed by atoms with Gasteiger partial charge in [0.05, 0.1) is 12.2 Å². The molecule has 3 N–H and O–H groups in total. The monoisotopic (exact) mass is 307 g/mol. The number of hydrogen-bond acceptors (Lipinski definition) is 5. The summed E-state index contributed by atoms with van der Waals surface area (Å²) in [5, 5.41) is 3.49. The summed E-state index contributed by atoms with van der Waals surface area (Å²) in [6, 6.07) is 2.54. The number of aromatic nitrogens is 1. The minimum atomic E-state index is -0.0267. The van der Waals surface area contributed by atoms with Gasteiger partial charge in [0.15, 0.2) is 0 Å². The molecular weight excluding hydrogens is 278 g/mol. The van der Waals surface area contributed by atoms with Crippen LogP contribution in [-0.2, 0) is 10.2 Å². The molecule has 22 heavy (non-hydrogen) atoms. The number of nitrogens with zero attached hydrogens (tertiary/aromatic N) is 1. The first-order valence-electron chi connectivity index (χ1n) is 8.10. The van der Waals surface area contributed by atoms with Crippen molar-refractivity contribution in [3.05, 3.63) is 24.0 Å². The van der Waals surface area contributed by atoms with Gasteiger partial charge in [-0.15, -0.1) is 0 Å². The van der Waals surface area contributed by atoms with Crippen LogP contribution < -0.4 is 15.8 Å². The van der Waals surface area contributed by atoms with Crippen LogP contribution in [0.25, 0.3) is 0 Å². The molecule has 1 saturated heterocycles. The first-order chi connectivity index (χ1) is 10.4. The molecule has 1 atom stereocenters. The lowest BCUT2D eigenvalue weighted by Crippen LogP contribution is -2.44. The molecule has 1 aliphatic heterocycles. The molecule has 1 aromatic heterocycles. The van der Waals surface area contributed by atoms with Gasteiger partial charge in [-0.1, -0.05) is 20.8 Å². The van der Waals surface area contributed by atoms with Gasteiger partial charge in [0, 0.05) is 32.0 Å². The van der Waals surface area contributed by atoms with Gasteiger partial charge in [-0.2, -0.15) is 0 Å². The van der Waals surface area contributed by atoms with Crippen LogP contribution in [0.5, 0.6) is 5.75 Å². The van der Waals surface area contributed by atoms with E-state index in [1.165, 1.54) is 5.56 Å². The lowest BCUT2D eigenvalue weighted by atomic mass is 9.88. The van der Waals surface area contributed by atoms with E-state index in [1.54, 1.807) is 6.20 Å². The average molecular weight is 307 g/mol. The van der Waals surface area contributed by atoms with Gasteiger partial charge in [-0.25, -0.2) is 0 Å². The molecule has 0 aromatic carbocycles. The Morgan fingerprint density at radius 1 is 1.36 bits per heavy atom. The van der Waals surface area contributed by atoms with Crippen LogP contribution in [0.3, 0.4) is 0 Å². The fourth-order valence-corrected chi connectivity index (χ4v) is 2.39. The topological polar surface area (TPSA) is 69.4 Å². The van der Waals surface area contributed by atoms with Gasteiger partial charge in [-0.05, 0) is 29.9 Å². The molecule has 0 amide bonds. The number of nitrogens with two attached hydrogens (primary N) is 1. The van der Waals surface area contributed by atoms with Crippen molar-refractivity contribution in [2.45, 2.75) is 51.1 Å². The Balaban J connectivity index is 1.74. The summed E-state index contributed by atoms with van der Waals surface area (Å²) in [5.74, 6) is 0.786. The maximum atomic E-state index is 6.12. The van der Waals surface area contributed by atoms with E-state index in [-0.39, 0.29) is 11.5 Å². The van der Waals surface area contributed by atoms with Gasteiger partial charge in [-0.3, -0.25) is 4.98 Å². The van der Waals surface area contributed by atoms with Crippen molar-refractivity contribution in [3.63, 3.8) is 0 Å². The molecule has 1 fully saturated rings. The van der Waals surface area contributed by atoms with Crippen molar-refractivity contribution in [1.29, 1.82) is 0 Å². The van der Waals surface area contributed by atoms with E-state index >= 15 is 0 Å². The molecule has 0 radical (unpaired) electrons. The van der Waals surface area contributed by atoms with Crippen molar-refractivity contribution in [1.82, 2.24) is 10.3 Å². The van der Waals surface area contributed by atoms with Gasteiger partial charge in [0.25, 0.3) is 0 Å². The number of hydrogen-bond donors (Lipinski definition) is 2. The standard InChI is InChI=1S/C17H29N3O2/c1-17(2,3)13-8-16(11-19-9-13)22-12-14(18)10-20-15-4-6-21-7-5-15/h8-9,11,14-15,20H,4-7,10,12,18H2,1-3H3/t14-/m0/s1. The van der Waals surface area contributed by atoms with E-state index in [1.807, 2.05) is 12.3 Å². The zero-order valence-corrected chi connectivity index (χ0v) is 14.0. The Morgan fingerprint density at radius 2 is 2.09 bits per heavy atom. The SMILES string of the molecule is CC(C)(C)c1cncc(OC[C@@H](N)CNC2CCOCC2)c1. The number of pyridine rings is 1. The highest BCUT2D eigenvalue weighted by molar-refractivity contribution is 5.28. The summed E-state index contributed by atoms with van der Waals surface area (Å²) >= 11 is 0. The van der Waals surface area contributed by atoms with E-state index in [0.29, 0.717) is 12.6 Å². The van der Waals surface area contributed by atoms with Crippen LogP contribution in [0.2, 0.25) is 0 Å². The summed E-state index contributed by atoms with van der Waals surface area (Å²) in [6.45, 7) is 9.43. The zero-order chi connectivity index (χ0) is 16.0. The second-order valence-electron chi connectivity index (χ2n) is 7.03. The summed E-state index contributed by atoms with van der Waals surface area (Å²) < 4.78 is 11.1. The molecule has 1 aromatic rings. The third-order valence-electron chi connectivity index (χ3n) is 3.93. The maximum Gasteiger partial charge on any atom is 0.137 e. The molecule has 124 valence electrons. The summed E-state index contributed by atoms with van der Waals surface area (Å²) in [6.07, 6.45) is 5.75. The lowest BCUT2D eigenvalue weighted by molar-refractivity contribution is 0.0772. The molecule has 2 heterocycles. The maximum absolute atomic E-state index is 6.12. The van der Waals surface area contributed by atoms with Crippen LogP contribution in [0, 0.1) is 0 Å². The van der Waals surface area contributed by atoms with E-state index in [2.05, 4.69) is 31.1 Å². The minimum absolute atomic E-state index is 0.0267. The highest BCUT2D eigenvalue weighted by atomic mass is 16.5. The van der Waals surface area contributed by atoms with Crippen molar-refractivity contribution < 1.29 is 9.47 Å². The van der Waals surface area contributed by atoms with E-state index < -0.39 is 0 Å². The number of rotatable bonds is 6. The third-order valence-corrected chi connectivity index (χ3v) is 3.93. The number of ether oxygens (including phenoxy) is 2. The first-order valence-corrected chi connectivity index (χ1v) is 8.10. The zero-order valence-electron chi connectivity index (χ0n) is 14.0. The Hall–Kier alpha value is -1.17. The molecule has 0 unspecified atom stereocenters. The van der Waals surface area contributed by atoms with Crippen molar-refractivity contribution in [3.8, 4) is 5.75 Å². The van der Waals surface area contributed by atoms with Crippen LogP contribution in [0.1, 0.15) is 39.2 Å². The van der Waals surface area contributed by atoms with E-state index in [9.17, 15) is 0 Å². The molecule has 5 heteroatoms. The molecule has 0 bridgehead atoms. The average Bonchev–Trinajstić information content (AvgIpc) is 2.51. The third kappa shape index (κ3) is 5.55. The molecular formula is C17H29N3O2. The van der Waals surface area contributed by atoms with Gasteiger partial charge >= 0.3 is 0 Å². The Labute approximate surface area is 133 Å². The molecule has 0 spiro atoms. The largest absolute Gasteiger partial charge is 0.490 e. The molecule has 0 aliphatic carbocycles. The molecule has 2 rings (SSSR count). The number of nitrogens with one attached hydrogen (secondary N) is 1. The van der Waals surface area contributed by atoms with E-state index in [0.717, 1.165) is 38.3 Å². The molecule has 5 nitrogen and oxygen atoms in total. The predicted octanol–water partition coefficient (Wildman–Crippen LogP) is 1.85. The van der Waals surface area contributed by atoms with Gasteiger partial charge < -0.3 is 20.5 Å². The molecule has 0 saturated carbocycles. The Morgan fingerprint density at radius 3 is 2.77 bits per heavy atom. The summed E-state index contributed by atoms with van der Waals surface area (Å²) in [5.41, 5.74) is 7.36. The Bertz CT molecular complexity index is 453. The van der Waals surface area contributed by atoms with Crippen LogP contribution in [0.4, 0.5) is 0 Å². The lowest BCUT2D eigenvalue weighted by Gasteiger charge is -2.25. The smallest absolute Gasteiger partial charge is 0.137 e. The second kappa shape index (κ2) is 7.90. The summed E-state index contributed by atoms with van der Waals surface area (Å²) in [4.78, 5) is 4.25.